The molecule has 1 N–H and O–H groups in total. The molecule has 4 rings (SSSR count). The van der Waals surface area contributed by atoms with E-state index in [2.05, 4.69) is 48.3 Å². The molecule has 0 aromatic heterocycles. The van der Waals surface area contributed by atoms with Crippen molar-refractivity contribution in [3.8, 4) is 11.5 Å². The normalized spacial score (nSPS) is 15.8. The Hall–Kier alpha value is -2.86. The van der Waals surface area contributed by atoms with Gasteiger partial charge in [0.2, 0.25) is 5.91 Å². The zero-order chi connectivity index (χ0) is 21.8. The smallest absolute Gasteiger partial charge is 0.220 e. The largest absolute Gasteiger partial charge is 0.486 e. The van der Waals surface area contributed by atoms with E-state index in [4.69, 9.17) is 9.47 Å². The Balaban J connectivity index is 1.26. The van der Waals surface area contributed by atoms with E-state index in [0.717, 1.165) is 19.5 Å². The molecule has 0 unspecified atom stereocenters. The van der Waals surface area contributed by atoms with Crippen molar-refractivity contribution in [3.63, 3.8) is 0 Å². The number of carbonyl (C=O) groups is 2. The van der Waals surface area contributed by atoms with Gasteiger partial charge in [0.05, 0.1) is 0 Å². The van der Waals surface area contributed by atoms with Gasteiger partial charge in [0.1, 0.15) is 13.2 Å². The summed E-state index contributed by atoms with van der Waals surface area (Å²) in [7, 11) is 0. The average Bonchev–Trinajstić information content (AvgIpc) is 2.80. The molecule has 2 heterocycles. The molecule has 0 atom stereocenters. The molecule has 31 heavy (non-hydrogen) atoms. The molecule has 0 aliphatic carbocycles. The van der Waals surface area contributed by atoms with Crippen LogP contribution in [0.25, 0.3) is 0 Å². The highest BCUT2D eigenvalue weighted by molar-refractivity contribution is 5.98. The predicted octanol–water partition coefficient (Wildman–Crippen LogP) is 3.37. The lowest BCUT2D eigenvalue weighted by Crippen LogP contribution is -2.53. The van der Waals surface area contributed by atoms with Crippen molar-refractivity contribution in [2.24, 2.45) is 0 Å². The first-order valence-corrected chi connectivity index (χ1v) is 10.9. The molecule has 0 saturated carbocycles. The maximum atomic E-state index is 12.5. The summed E-state index contributed by atoms with van der Waals surface area (Å²) in [4.78, 5) is 27.3. The Morgan fingerprint density at radius 3 is 2.55 bits per heavy atom. The van der Waals surface area contributed by atoms with Crippen LogP contribution in [0.4, 0.5) is 0 Å². The molecular weight excluding hydrogens is 392 g/mol. The molecule has 164 valence electrons. The van der Waals surface area contributed by atoms with E-state index in [1.165, 1.54) is 11.1 Å². The predicted molar refractivity (Wildman–Crippen MR) is 119 cm³/mol. The molecule has 6 nitrogen and oxygen atoms in total. The topological polar surface area (TPSA) is 67.9 Å². The molecule has 2 aromatic carbocycles. The molecule has 0 bridgehead atoms. The van der Waals surface area contributed by atoms with E-state index in [9.17, 15) is 9.59 Å². The molecule has 0 spiro atoms. The van der Waals surface area contributed by atoms with Crippen LogP contribution in [-0.4, -0.2) is 48.4 Å². The minimum atomic E-state index is -0.164. The molecule has 6 heteroatoms. The fourth-order valence-corrected chi connectivity index (χ4v) is 4.12. The minimum absolute atomic E-state index is 0.0704. The molecule has 0 radical (unpaired) electrons. The number of hydrogen-bond donors (Lipinski definition) is 1. The lowest BCUT2D eigenvalue weighted by molar-refractivity contribution is -0.121. The third-order valence-electron chi connectivity index (χ3n) is 6.15. The number of carbonyl (C=O) groups excluding carboxylic acids is 2. The van der Waals surface area contributed by atoms with Gasteiger partial charge in [0, 0.05) is 43.6 Å². The number of fused-ring (bicyclic) bond motifs is 2. The highest BCUT2D eigenvalue weighted by Gasteiger charge is 2.30. The lowest BCUT2D eigenvalue weighted by Gasteiger charge is -2.41. The Morgan fingerprint density at radius 1 is 1.00 bits per heavy atom. The summed E-state index contributed by atoms with van der Waals surface area (Å²) in [5.41, 5.74) is 3.15. The van der Waals surface area contributed by atoms with Crippen molar-refractivity contribution in [2.75, 3.05) is 26.3 Å². The Bertz CT molecular complexity index is 970. The summed E-state index contributed by atoms with van der Waals surface area (Å²) in [6.45, 7) is 7.71. The number of ether oxygens (including phenoxy) is 2. The molecule has 2 aromatic rings. The van der Waals surface area contributed by atoms with Gasteiger partial charge < -0.3 is 14.8 Å². The average molecular weight is 423 g/mol. The zero-order valence-corrected chi connectivity index (χ0v) is 18.3. The number of nitrogens with one attached hydrogen (secondary N) is 1. The van der Waals surface area contributed by atoms with Gasteiger partial charge in [-0.15, -0.1) is 0 Å². The van der Waals surface area contributed by atoms with Crippen LogP contribution >= 0.6 is 0 Å². The third kappa shape index (κ3) is 5.07. The van der Waals surface area contributed by atoms with Crippen molar-refractivity contribution in [1.82, 2.24) is 10.2 Å². The first kappa shape index (κ1) is 21.4. The maximum absolute atomic E-state index is 12.5. The van der Waals surface area contributed by atoms with Crippen LogP contribution in [0.2, 0.25) is 0 Å². The highest BCUT2D eigenvalue weighted by atomic mass is 16.6. The highest BCUT2D eigenvalue weighted by Crippen LogP contribution is 2.31. The summed E-state index contributed by atoms with van der Waals surface area (Å²) < 4.78 is 11.0. The Kier molecular flexibility index (Phi) is 6.28. The number of benzene rings is 2. The number of Topliss-reactive ketones (excluding diaryl/α,β-unsaturated/α-hetero) is 1. The third-order valence-corrected chi connectivity index (χ3v) is 6.15. The second-order valence-electron chi connectivity index (χ2n) is 8.81. The van der Waals surface area contributed by atoms with Crippen LogP contribution in [0.3, 0.4) is 0 Å². The second-order valence-corrected chi connectivity index (χ2v) is 8.81. The van der Waals surface area contributed by atoms with Crippen molar-refractivity contribution < 1.29 is 19.1 Å². The number of ketones is 1. The molecule has 0 saturated heterocycles. The van der Waals surface area contributed by atoms with Crippen LogP contribution in [-0.2, 0) is 17.8 Å². The van der Waals surface area contributed by atoms with Gasteiger partial charge >= 0.3 is 0 Å². The van der Waals surface area contributed by atoms with Gasteiger partial charge in [-0.25, -0.2) is 0 Å². The number of amides is 1. The lowest BCUT2D eigenvalue weighted by atomic mass is 9.94. The van der Waals surface area contributed by atoms with E-state index in [1.807, 2.05) is 0 Å². The van der Waals surface area contributed by atoms with Crippen molar-refractivity contribution in [1.29, 1.82) is 0 Å². The van der Waals surface area contributed by atoms with Gasteiger partial charge in [-0.05, 0) is 49.6 Å². The SMILES string of the molecule is CC(C)(CNC(=O)CCC(=O)c1ccc2c(c1)OCCO2)N1CCc2ccccc2C1. The zero-order valence-electron chi connectivity index (χ0n) is 18.3. The van der Waals surface area contributed by atoms with Crippen LogP contribution in [0.15, 0.2) is 42.5 Å². The van der Waals surface area contributed by atoms with Gasteiger partial charge in [-0.1, -0.05) is 24.3 Å². The summed E-state index contributed by atoms with van der Waals surface area (Å²) in [5.74, 6) is 1.07. The van der Waals surface area contributed by atoms with E-state index in [-0.39, 0.29) is 30.1 Å². The summed E-state index contributed by atoms with van der Waals surface area (Å²) in [6, 6.07) is 13.7. The first-order chi connectivity index (χ1) is 14.9. The van der Waals surface area contributed by atoms with Gasteiger partial charge in [0.25, 0.3) is 0 Å². The molecular formula is C25H30N2O4. The van der Waals surface area contributed by atoms with E-state index in [1.54, 1.807) is 18.2 Å². The van der Waals surface area contributed by atoms with Crippen molar-refractivity contribution >= 4 is 11.7 Å². The van der Waals surface area contributed by atoms with Crippen LogP contribution in [0.5, 0.6) is 11.5 Å². The van der Waals surface area contributed by atoms with Gasteiger partial charge in [-0.3, -0.25) is 14.5 Å². The minimum Gasteiger partial charge on any atom is -0.486 e. The first-order valence-electron chi connectivity index (χ1n) is 10.9. The van der Waals surface area contributed by atoms with Crippen molar-refractivity contribution in [2.45, 2.75) is 45.2 Å². The van der Waals surface area contributed by atoms with Gasteiger partial charge in [-0.2, -0.15) is 0 Å². The summed E-state index contributed by atoms with van der Waals surface area (Å²) in [5, 5.41) is 3.02. The summed E-state index contributed by atoms with van der Waals surface area (Å²) >= 11 is 0. The molecule has 2 aliphatic rings. The molecule has 2 aliphatic heterocycles. The number of rotatable bonds is 7. The Labute approximate surface area is 183 Å². The maximum Gasteiger partial charge on any atom is 0.220 e. The summed E-state index contributed by atoms with van der Waals surface area (Å²) in [6.07, 6.45) is 1.37. The molecule has 0 fully saturated rings. The van der Waals surface area contributed by atoms with Crippen LogP contribution in [0.1, 0.15) is 48.2 Å². The van der Waals surface area contributed by atoms with E-state index < -0.39 is 0 Å². The molecule has 1 amide bonds. The fourth-order valence-electron chi connectivity index (χ4n) is 4.12. The van der Waals surface area contributed by atoms with E-state index in [0.29, 0.717) is 36.8 Å². The van der Waals surface area contributed by atoms with Gasteiger partial charge in [0.15, 0.2) is 17.3 Å². The monoisotopic (exact) mass is 422 g/mol. The standard InChI is InChI=1S/C25H30N2O4/c1-25(2,27-12-11-18-5-3-4-6-20(18)16-27)17-26-24(29)10-8-21(28)19-7-9-22-23(15-19)31-14-13-30-22/h3-7,9,15H,8,10-14,16-17H2,1-2H3,(H,26,29). The van der Waals surface area contributed by atoms with Crippen LogP contribution < -0.4 is 14.8 Å². The van der Waals surface area contributed by atoms with Crippen molar-refractivity contribution in [3.05, 3.63) is 59.2 Å². The number of hydrogen-bond acceptors (Lipinski definition) is 5. The Morgan fingerprint density at radius 2 is 1.74 bits per heavy atom. The number of nitrogens with zero attached hydrogens (tertiary/aromatic N) is 1. The van der Waals surface area contributed by atoms with E-state index >= 15 is 0 Å². The fraction of sp³-hybridized carbons (Fsp3) is 0.440. The second kappa shape index (κ2) is 9.10. The van der Waals surface area contributed by atoms with Crippen LogP contribution in [0, 0.1) is 0 Å². The quantitative estimate of drug-likeness (QED) is 0.693.